The van der Waals surface area contributed by atoms with Crippen LogP contribution in [-0.2, 0) is 18.0 Å². The number of halogens is 2. The number of primary amides is 1. The van der Waals surface area contributed by atoms with E-state index in [1.807, 2.05) is 44.2 Å². The van der Waals surface area contributed by atoms with Gasteiger partial charge in [-0.05, 0) is 57.2 Å². The number of amides is 2. The number of nitrogens with two attached hydrogens (primary N) is 1. The smallest absolute Gasteiger partial charge is 0.274 e. The molecule has 2 fully saturated rings. The van der Waals surface area contributed by atoms with Crippen LogP contribution in [-0.4, -0.2) is 50.6 Å². The van der Waals surface area contributed by atoms with Crippen LogP contribution in [0, 0.1) is 18.6 Å². The minimum atomic E-state index is -0.930. The number of aromatic nitrogens is 1. The van der Waals surface area contributed by atoms with E-state index in [0.717, 1.165) is 11.6 Å². The lowest BCUT2D eigenvalue weighted by Crippen LogP contribution is -2.52. The zero-order valence-corrected chi connectivity index (χ0v) is 24.3. The Hall–Kier alpha value is -4.09. The van der Waals surface area contributed by atoms with Crippen molar-refractivity contribution in [3.63, 3.8) is 0 Å². The second-order valence-corrected chi connectivity index (χ2v) is 11.9. The third-order valence-electron chi connectivity index (χ3n) is 9.11. The molecule has 0 radical (unpaired) electrons. The summed E-state index contributed by atoms with van der Waals surface area (Å²) in [6.07, 6.45) is 3.07. The molecule has 2 amide bonds. The average Bonchev–Trinajstić information content (AvgIpc) is 3.22. The standard InChI is InChI=1S/C32H34F2N4O5/c1-18-11-22(33)12-25(34)23(18)15-38-20(3)13-32(43-38)10-9-19(2)36-16-26(32)37-14-24(30(35)40)28(39)29(27(37)31(36)41)42-17-21-7-5-4-6-8-21/h4-8,11-12,14,19-20,26H,9-10,13,15-17H2,1-3H3,(H2,35,40)/t19-,20?,26+,32-/m0/s1. The first-order valence-electron chi connectivity index (χ1n) is 14.5. The van der Waals surface area contributed by atoms with Crippen LogP contribution >= 0.6 is 0 Å². The lowest BCUT2D eigenvalue weighted by molar-refractivity contribution is -0.225. The number of nitrogens with zero attached hydrogens (tertiary/aromatic N) is 3. The number of ether oxygens (including phenoxy) is 1. The van der Waals surface area contributed by atoms with Gasteiger partial charge in [-0.25, -0.2) is 8.78 Å². The van der Waals surface area contributed by atoms with E-state index in [-0.39, 0.29) is 54.7 Å². The van der Waals surface area contributed by atoms with Crippen molar-refractivity contribution in [2.45, 2.75) is 76.9 Å². The third kappa shape index (κ3) is 5.00. The van der Waals surface area contributed by atoms with Gasteiger partial charge in [-0.2, -0.15) is 5.06 Å². The lowest BCUT2D eigenvalue weighted by atomic mass is 9.84. The molecule has 0 aliphatic carbocycles. The Morgan fingerprint density at radius 3 is 2.58 bits per heavy atom. The van der Waals surface area contributed by atoms with Crippen LogP contribution < -0.4 is 15.9 Å². The number of hydroxylamine groups is 2. The van der Waals surface area contributed by atoms with Gasteiger partial charge in [0.2, 0.25) is 5.43 Å². The predicted molar refractivity (Wildman–Crippen MR) is 153 cm³/mol. The minimum absolute atomic E-state index is 0.00777. The van der Waals surface area contributed by atoms with Gasteiger partial charge >= 0.3 is 0 Å². The van der Waals surface area contributed by atoms with E-state index in [4.69, 9.17) is 15.3 Å². The Bertz CT molecular complexity index is 1640. The number of benzene rings is 2. The molecular weight excluding hydrogens is 558 g/mol. The monoisotopic (exact) mass is 592 g/mol. The summed E-state index contributed by atoms with van der Waals surface area (Å²) in [6.45, 7) is 5.97. The van der Waals surface area contributed by atoms with Gasteiger partial charge in [0.05, 0.1) is 12.6 Å². The molecule has 226 valence electrons. The van der Waals surface area contributed by atoms with E-state index in [0.29, 0.717) is 30.4 Å². The summed E-state index contributed by atoms with van der Waals surface area (Å²) in [6, 6.07) is 10.5. The van der Waals surface area contributed by atoms with Gasteiger partial charge in [-0.15, -0.1) is 0 Å². The van der Waals surface area contributed by atoms with Gasteiger partial charge in [-0.1, -0.05) is 30.3 Å². The number of carbonyl (C=O) groups is 2. The Morgan fingerprint density at radius 2 is 1.88 bits per heavy atom. The van der Waals surface area contributed by atoms with Crippen molar-refractivity contribution in [1.82, 2.24) is 14.5 Å². The number of hydrogen-bond donors (Lipinski definition) is 1. The fourth-order valence-electron chi connectivity index (χ4n) is 6.75. The number of rotatable bonds is 6. The van der Waals surface area contributed by atoms with E-state index in [1.165, 1.54) is 12.3 Å². The summed E-state index contributed by atoms with van der Waals surface area (Å²) >= 11 is 0. The topological polar surface area (TPSA) is 107 Å². The highest BCUT2D eigenvalue weighted by Gasteiger charge is 2.55. The molecule has 3 aromatic rings. The molecule has 2 aromatic carbocycles. The molecule has 3 aliphatic rings. The molecule has 4 heterocycles. The highest BCUT2D eigenvalue weighted by Crippen LogP contribution is 2.49. The summed E-state index contributed by atoms with van der Waals surface area (Å²) in [7, 11) is 0. The largest absolute Gasteiger partial charge is 0.483 e. The maximum absolute atomic E-state index is 14.8. The average molecular weight is 593 g/mol. The van der Waals surface area contributed by atoms with Crippen molar-refractivity contribution in [2.24, 2.45) is 5.73 Å². The van der Waals surface area contributed by atoms with Gasteiger partial charge in [0.1, 0.15) is 29.4 Å². The Kier molecular flexibility index (Phi) is 7.34. The molecule has 1 aromatic heterocycles. The van der Waals surface area contributed by atoms with E-state index in [2.05, 4.69) is 0 Å². The normalized spacial score (nSPS) is 25.1. The zero-order valence-electron chi connectivity index (χ0n) is 24.3. The van der Waals surface area contributed by atoms with Crippen LogP contribution in [0.1, 0.15) is 76.7 Å². The highest BCUT2D eigenvalue weighted by molar-refractivity contribution is 5.99. The van der Waals surface area contributed by atoms with E-state index >= 15 is 0 Å². The third-order valence-corrected chi connectivity index (χ3v) is 9.11. The maximum Gasteiger partial charge on any atom is 0.274 e. The van der Waals surface area contributed by atoms with E-state index in [9.17, 15) is 23.2 Å². The van der Waals surface area contributed by atoms with E-state index < -0.39 is 34.6 Å². The Morgan fingerprint density at radius 1 is 1.14 bits per heavy atom. The van der Waals surface area contributed by atoms with Gasteiger partial charge in [-0.3, -0.25) is 19.2 Å². The summed E-state index contributed by atoms with van der Waals surface area (Å²) in [5.41, 5.74) is 5.41. The molecule has 2 N–H and O–H groups in total. The molecule has 9 nitrogen and oxygen atoms in total. The van der Waals surface area contributed by atoms with Crippen molar-refractivity contribution in [2.75, 3.05) is 6.54 Å². The first-order valence-corrected chi connectivity index (χ1v) is 14.5. The van der Waals surface area contributed by atoms with Crippen molar-refractivity contribution in [3.8, 4) is 5.75 Å². The number of carbonyl (C=O) groups excluding carboxylic acids is 2. The fourth-order valence-corrected chi connectivity index (χ4v) is 6.75. The Balaban J connectivity index is 1.44. The second-order valence-electron chi connectivity index (χ2n) is 11.9. The van der Waals surface area contributed by atoms with Crippen LogP contribution in [0.2, 0.25) is 0 Å². The van der Waals surface area contributed by atoms with Gasteiger partial charge in [0.25, 0.3) is 11.8 Å². The molecular formula is C32H34F2N4O5. The van der Waals surface area contributed by atoms with Crippen LogP contribution in [0.4, 0.5) is 8.78 Å². The Labute approximate surface area is 247 Å². The molecule has 4 atom stereocenters. The van der Waals surface area contributed by atoms with Crippen molar-refractivity contribution in [1.29, 1.82) is 0 Å². The molecule has 3 aliphatic heterocycles. The zero-order chi connectivity index (χ0) is 30.6. The van der Waals surface area contributed by atoms with Crippen LogP contribution in [0.25, 0.3) is 0 Å². The fraction of sp³-hybridized carbons (Fsp3) is 0.406. The van der Waals surface area contributed by atoms with Crippen LogP contribution in [0.3, 0.4) is 0 Å². The summed E-state index contributed by atoms with van der Waals surface area (Å²) < 4.78 is 36.3. The summed E-state index contributed by atoms with van der Waals surface area (Å²) in [4.78, 5) is 48.4. The van der Waals surface area contributed by atoms with Gasteiger partial charge in [0, 0.05) is 36.5 Å². The molecule has 1 unspecified atom stereocenters. The predicted octanol–water partition coefficient (Wildman–Crippen LogP) is 4.26. The highest BCUT2D eigenvalue weighted by atomic mass is 19.1. The summed E-state index contributed by atoms with van der Waals surface area (Å²) in [5.74, 6) is -2.82. The van der Waals surface area contributed by atoms with Crippen molar-refractivity contribution >= 4 is 11.8 Å². The molecule has 2 saturated heterocycles. The molecule has 0 saturated carbocycles. The van der Waals surface area contributed by atoms with Crippen molar-refractivity contribution in [3.05, 3.63) is 98.5 Å². The van der Waals surface area contributed by atoms with Gasteiger partial charge in [0.15, 0.2) is 11.4 Å². The first-order chi connectivity index (χ1) is 20.5. The van der Waals surface area contributed by atoms with E-state index in [1.54, 1.807) is 21.5 Å². The van der Waals surface area contributed by atoms with Gasteiger partial charge < -0.3 is 19.9 Å². The quantitative estimate of drug-likeness (QED) is 0.459. The molecule has 43 heavy (non-hydrogen) atoms. The number of hydrogen-bond acceptors (Lipinski definition) is 6. The number of pyridine rings is 1. The molecule has 11 heteroatoms. The molecule has 2 bridgehead atoms. The number of fused-ring (bicyclic) bond motifs is 5. The summed E-state index contributed by atoms with van der Waals surface area (Å²) in [5, 5.41) is 1.71. The van der Waals surface area contributed by atoms with Crippen LogP contribution in [0.5, 0.6) is 5.75 Å². The maximum atomic E-state index is 14.8. The minimum Gasteiger partial charge on any atom is -0.483 e. The lowest BCUT2D eigenvalue weighted by Gasteiger charge is -2.43. The van der Waals surface area contributed by atoms with Crippen LogP contribution in [0.15, 0.2) is 53.5 Å². The SMILES string of the molecule is Cc1cc(F)cc(F)c1CN1O[C@@]2(CC[C@H](C)N3C[C@H]2n2cc(C(N)=O)c(=O)c(OCc4ccccc4)c2C3=O)CC1C. The molecule has 1 spiro atoms. The van der Waals surface area contributed by atoms with Crippen molar-refractivity contribution < 1.29 is 27.9 Å². The molecule has 6 rings (SSSR count). The second kappa shape index (κ2) is 10.9. The number of aryl methyl sites for hydroxylation is 1. The first kappa shape index (κ1) is 29.0.